The number of carbonyl (C=O) groups excluding carboxylic acids is 1. The fourth-order valence-corrected chi connectivity index (χ4v) is 3.87. The van der Waals surface area contributed by atoms with E-state index >= 15 is 0 Å². The van der Waals surface area contributed by atoms with E-state index in [2.05, 4.69) is 0 Å². The summed E-state index contributed by atoms with van der Waals surface area (Å²) in [5, 5.41) is 8.38. The second-order valence-corrected chi connectivity index (χ2v) is 7.13. The van der Waals surface area contributed by atoms with Gasteiger partial charge in [0, 0.05) is 33.3 Å². The predicted molar refractivity (Wildman–Crippen MR) is 95.5 cm³/mol. The first kappa shape index (κ1) is 17.6. The molecule has 0 saturated carbocycles. The third-order valence-corrected chi connectivity index (χ3v) is 5.19. The van der Waals surface area contributed by atoms with Gasteiger partial charge in [0.25, 0.3) is 0 Å². The van der Waals surface area contributed by atoms with E-state index in [4.69, 9.17) is 5.11 Å². The van der Waals surface area contributed by atoms with Crippen molar-refractivity contribution in [1.82, 2.24) is 0 Å². The Balaban J connectivity index is 0.000000167. The van der Waals surface area contributed by atoms with Crippen LogP contribution in [0.1, 0.15) is 23.2 Å². The Morgan fingerprint density at radius 3 is 2.48 bits per heavy atom. The zero-order valence-electron chi connectivity index (χ0n) is 12.6. The Bertz CT molecular complexity index is 656. The number of aliphatic carboxylic acids is 1. The number of benzene rings is 2. The average Bonchev–Trinajstić information content (AvgIpc) is 2.57. The number of hydrogen-bond donors (Lipinski definition) is 1. The number of hydrogen-bond acceptors (Lipinski definition) is 4. The van der Waals surface area contributed by atoms with Crippen LogP contribution in [0.4, 0.5) is 0 Å². The van der Waals surface area contributed by atoms with Gasteiger partial charge in [-0.2, -0.15) is 0 Å². The first-order valence-electron chi connectivity index (χ1n) is 7.31. The highest BCUT2D eigenvalue weighted by Gasteiger charge is 2.15. The summed E-state index contributed by atoms with van der Waals surface area (Å²) >= 11 is 3.34. The highest BCUT2D eigenvalue weighted by Crippen LogP contribution is 2.29. The van der Waals surface area contributed by atoms with Crippen molar-refractivity contribution in [2.45, 2.75) is 22.6 Å². The lowest BCUT2D eigenvalue weighted by atomic mass is 10.1. The molecular weight excluding hydrogens is 328 g/mol. The van der Waals surface area contributed by atoms with Crippen molar-refractivity contribution in [3.63, 3.8) is 0 Å². The average molecular weight is 346 g/mol. The molecule has 2 aromatic carbocycles. The maximum Gasteiger partial charge on any atom is 0.304 e. The van der Waals surface area contributed by atoms with Crippen LogP contribution in [-0.2, 0) is 4.79 Å². The summed E-state index contributed by atoms with van der Waals surface area (Å²) in [5.41, 5.74) is 0.906. The van der Waals surface area contributed by atoms with Gasteiger partial charge in [-0.05, 0) is 18.2 Å². The van der Waals surface area contributed by atoms with Gasteiger partial charge in [0.2, 0.25) is 0 Å². The molecule has 0 unspecified atom stereocenters. The van der Waals surface area contributed by atoms with E-state index in [0.717, 1.165) is 21.1 Å². The summed E-state index contributed by atoms with van der Waals surface area (Å²) < 4.78 is 0. The van der Waals surface area contributed by atoms with Crippen molar-refractivity contribution in [1.29, 1.82) is 0 Å². The summed E-state index contributed by atoms with van der Waals surface area (Å²) in [4.78, 5) is 23.7. The van der Waals surface area contributed by atoms with Crippen LogP contribution < -0.4 is 0 Å². The minimum atomic E-state index is -0.738. The molecular formula is C18H18O3S2. The normalized spacial score (nSPS) is 12.8. The van der Waals surface area contributed by atoms with E-state index in [1.54, 1.807) is 23.5 Å². The molecule has 3 rings (SSSR count). The molecule has 5 heteroatoms. The molecule has 0 amide bonds. The van der Waals surface area contributed by atoms with Crippen LogP contribution in [0, 0.1) is 0 Å². The highest BCUT2D eigenvalue weighted by atomic mass is 32.2. The number of ketones is 1. The van der Waals surface area contributed by atoms with Gasteiger partial charge in [-0.15, -0.1) is 23.5 Å². The third-order valence-electron chi connectivity index (χ3n) is 3.10. The predicted octanol–water partition coefficient (Wildman–Crippen LogP) is 4.62. The fourth-order valence-electron chi connectivity index (χ4n) is 1.98. The summed E-state index contributed by atoms with van der Waals surface area (Å²) in [6.07, 6.45) is 0.918. The van der Waals surface area contributed by atoms with Crippen molar-refractivity contribution in [3.05, 3.63) is 60.2 Å². The number of thioether (sulfide) groups is 2. The smallest absolute Gasteiger partial charge is 0.304 e. The maximum absolute atomic E-state index is 11.3. The molecule has 1 heterocycles. The monoisotopic (exact) mass is 346 g/mol. The van der Waals surface area contributed by atoms with E-state index in [1.165, 1.54) is 0 Å². The SMILES string of the molecule is O=C(O)CCSc1ccccc1.O=C1CCSc2ccccc21. The molecule has 1 N–H and O–H groups in total. The van der Waals surface area contributed by atoms with Crippen LogP contribution in [0.2, 0.25) is 0 Å². The number of Topliss-reactive ketones (excluding diaryl/α,β-unsaturated/α-hetero) is 1. The standard InChI is InChI=1S/C9H10O2S.C9H8OS/c10-9(11)6-7-12-8-4-2-1-3-5-8;10-8-5-6-11-9-4-2-1-3-7(8)9/h1-5H,6-7H2,(H,10,11);1-4H,5-6H2. The Morgan fingerprint density at radius 2 is 1.78 bits per heavy atom. The Labute approximate surface area is 144 Å². The second kappa shape index (κ2) is 9.43. The van der Waals surface area contributed by atoms with E-state index in [1.807, 2.05) is 54.6 Å². The molecule has 1 aliphatic heterocycles. The van der Waals surface area contributed by atoms with Gasteiger partial charge in [0.15, 0.2) is 5.78 Å². The van der Waals surface area contributed by atoms with Crippen LogP contribution in [0.5, 0.6) is 0 Å². The third kappa shape index (κ3) is 6.12. The van der Waals surface area contributed by atoms with Gasteiger partial charge in [0.1, 0.15) is 0 Å². The maximum atomic E-state index is 11.3. The van der Waals surface area contributed by atoms with Gasteiger partial charge >= 0.3 is 5.97 Å². The minimum Gasteiger partial charge on any atom is -0.481 e. The second-order valence-electron chi connectivity index (χ2n) is 4.82. The van der Waals surface area contributed by atoms with Crippen LogP contribution in [0.15, 0.2) is 64.4 Å². The number of fused-ring (bicyclic) bond motifs is 1. The Hall–Kier alpha value is -1.72. The molecule has 23 heavy (non-hydrogen) atoms. The van der Waals surface area contributed by atoms with Crippen LogP contribution in [0.3, 0.4) is 0 Å². The summed E-state index contributed by atoms with van der Waals surface area (Å²) in [7, 11) is 0. The molecule has 0 aliphatic carbocycles. The molecule has 120 valence electrons. The van der Waals surface area contributed by atoms with Gasteiger partial charge in [0.05, 0.1) is 6.42 Å². The van der Waals surface area contributed by atoms with Crippen LogP contribution >= 0.6 is 23.5 Å². The summed E-state index contributed by atoms with van der Waals surface area (Å²) in [6.45, 7) is 0. The molecule has 0 aromatic heterocycles. The molecule has 0 fully saturated rings. The minimum absolute atomic E-state index is 0.222. The molecule has 0 radical (unpaired) electrons. The molecule has 0 spiro atoms. The molecule has 2 aromatic rings. The number of carbonyl (C=O) groups is 2. The van der Waals surface area contributed by atoms with E-state index in [-0.39, 0.29) is 6.42 Å². The lowest BCUT2D eigenvalue weighted by molar-refractivity contribution is -0.136. The lowest BCUT2D eigenvalue weighted by Gasteiger charge is -2.12. The van der Waals surface area contributed by atoms with Crippen molar-refractivity contribution in [2.75, 3.05) is 11.5 Å². The van der Waals surface area contributed by atoms with Gasteiger partial charge < -0.3 is 5.11 Å². The van der Waals surface area contributed by atoms with Gasteiger partial charge in [-0.25, -0.2) is 0 Å². The zero-order valence-corrected chi connectivity index (χ0v) is 14.2. The highest BCUT2D eigenvalue weighted by molar-refractivity contribution is 7.99. The number of carboxylic acids is 1. The largest absolute Gasteiger partial charge is 0.481 e. The van der Waals surface area contributed by atoms with Gasteiger partial charge in [-0.1, -0.05) is 36.4 Å². The quantitative estimate of drug-likeness (QED) is 0.819. The lowest BCUT2D eigenvalue weighted by Crippen LogP contribution is -2.07. The summed E-state index contributed by atoms with van der Waals surface area (Å²) in [6, 6.07) is 17.6. The van der Waals surface area contributed by atoms with Crippen molar-refractivity contribution in [3.8, 4) is 0 Å². The molecule has 3 nitrogen and oxygen atoms in total. The Morgan fingerprint density at radius 1 is 1.09 bits per heavy atom. The first-order chi connectivity index (χ1) is 11.2. The summed E-state index contributed by atoms with van der Waals surface area (Å²) in [5.74, 6) is 1.13. The topological polar surface area (TPSA) is 54.4 Å². The van der Waals surface area contributed by atoms with Crippen molar-refractivity contribution in [2.24, 2.45) is 0 Å². The Kier molecular flexibility index (Phi) is 7.23. The molecule has 0 saturated heterocycles. The van der Waals surface area contributed by atoms with E-state index in [0.29, 0.717) is 18.0 Å². The molecule has 0 atom stereocenters. The van der Waals surface area contributed by atoms with E-state index < -0.39 is 5.97 Å². The van der Waals surface area contributed by atoms with Gasteiger partial charge in [-0.3, -0.25) is 9.59 Å². The molecule has 0 bridgehead atoms. The molecule has 1 aliphatic rings. The fraction of sp³-hybridized carbons (Fsp3) is 0.222. The zero-order chi connectivity index (χ0) is 16.5. The van der Waals surface area contributed by atoms with E-state index in [9.17, 15) is 9.59 Å². The van der Waals surface area contributed by atoms with Crippen LogP contribution in [-0.4, -0.2) is 28.4 Å². The van der Waals surface area contributed by atoms with Crippen molar-refractivity contribution < 1.29 is 14.7 Å². The van der Waals surface area contributed by atoms with Crippen LogP contribution in [0.25, 0.3) is 0 Å². The first-order valence-corrected chi connectivity index (χ1v) is 9.28. The van der Waals surface area contributed by atoms with Crippen molar-refractivity contribution >= 4 is 35.3 Å². The number of carboxylic acid groups (broad SMARTS) is 1. The number of rotatable bonds is 4.